The summed E-state index contributed by atoms with van der Waals surface area (Å²) < 4.78 is 28.4. The number of carbonyl (C=O) groups excluding carboxylic acids is 3. The van der Waals surface area contributed by atoms with Gasteiger partial charge in [0.1, 0.15) is 5.75 Å². The normalized spacial score (nSPS) is 25.1. The van der Waals surface area contributed by atoms with Crippen LogP contribution in [0.3, 0.4) is 0 Å². The molecule has 1 N–H and O–H groups in total. The molecule has 0 radical (unpaired) electrons. The number of ether oxygens (including phenoxy) is 5. The molecule has 9 nitrogen and oxygen atoms in total. The van der Waals surface area contributed by atoms with Gasteiger partial charge in [-0.3, -0.25) is 4.79 Å². The monoisotopic (exact) mass is 490 g/mol. The SMILES string of the molecule is COC1OC2=C(C3=C1C(=O)CC3)C1(Cc3ccc(cc3)Oc3cc(ccc3O)CCOC1=O)OC2=O. The molecule has 5 aliphatic rings. The van der Waals surface area contributed by atoms with Crippen LogP contribution in [0.25, 0.3) is 0 Å². The zero-order chi connectivity index (χ0) is 25.0. The Balaban J connectivity index is 1.47. The average Bonchev–Trinajstić information content (AvgIpc) is 3.39. The molecule has 0 saturated heterocycles. The number of benzene rings is 2. The third kappa shape index (κ3) is 3.38. The maximum absolute atomic E-state index is 13.7. The number of Topliss-reactive ketones (excluding diaryl/α,β-unsaturated/α-hetero) is 1. The van der Waals surface area contributed by atoms with Gasteiger partial charge in [0.15, 0.2) is 17.3 Å². The van der Waals surface area contributed by atoms with Gasteiger partial charge in [-0.2, -0.15) is 0 Å². The van der Waals surface area contributed by atoms with Gasteiger partial charge in [-0.1, -0.05) is 18.2 Å². The first-order valence-electron chi connectivity index (χ1n) is 11.6. The second-order valence-corrected chi connectivity index (χ2v) is 9.03. The van der Waals surface area contributed by atoms with Crippen LogP contribution in [0.2, 0.25) is 0 Å². The van der Waals surface area contributed by atoms with E-state index in [0.29, 0.717) is 35.3 Å². The maximum atomic E-state index is 13.7. The minimum atomic E-state index is -1.82. The van der Waals surface area contributed by atoms with Crippen molar-refractivity contribution in [3.8, 4) is 17.2 Å². The number of hydrogen-bond acceptors (Lipinski definition) is 9. The van der Waals surface area contributed by atoms with Crippen LogP contribution in [0.4, 0.5) is 0 Å². The molecule has 9 heteroatoms. The van der Waals surface area contributed by atoms with E-state index in [1.165, 1.54) is 13.2 Å². The molecule has 2 aromatic rings. The topological polar surface area (TPSA) is 118 Å². The van der Waals surface area contributed by atoms with Gasteiger partial charge in [-0.25, -0.2) is 9.59 Å². The molecule has 4 heterocycles. The summed E-state index contributed by atoms with van der Waals surface area (Å²) in [5.74, 6) is -1.07. The number of rotatable bonds is 1. The Morgan fingerprint density at radius 3 is 2.56 bits per heavy atom. The Labute approximate surface area is 205 Å². The maximum Gasteiger partial charge on any atom is 0.375 e. The van der Waals surface area contributed by atoms with Crippen molar-refractivity contribution in [2.24, 2.45) is 0 Å². The van der Waals surface area contributed by atoms with Crippen molar-refractivity contribution in [3.63, 3.8) is 0 Å². The van der Waals surface area contributed by atoms with Crippen molar-refractivity contribution >= 4 is 17.7 Å². The van der Waals surface area contributed by atoms with E-state index in [1.54, 1.807) is 36.4 Å². The highest BCUT2D eigenvalue weighted by atomic mass is 16.7. The predicted octanol–water partition coefficient (Wildman–Crippen LogP) is 3.04. The van der Waals surface area contributed by atoms with Crippen LogP contribution >= 0.6 is 0 Å². The quantitative estimate of drug-likeness (QED) is 0.602. The molecule has 1 aliphatic carbocycles. The zero-order valence-electron chi connectivity index (χ0n) is 19.4. The van der Waals surface area contributed by atoms with Gasteiger partial charge in [0.2, 0.25) is 17.7 Å². The van der Waals surface area contributed by atoms with E-state index in [0.717, 1.165) is 5.56 Å². The van der Waals surface area contributed by atoms with Crippen molar-refractivity contribution in [1.82, 2.24) is 0 Å². The van der Waals surface area contributed by atoms with E-state index in [-0.39, 0.29) is 48.1 Å². The molecule has 0 saturated carbocycles. The standard InChI is InChI=1S/C27H22O9/c1-32-25-21-17(7-9-19(21)29)22-23(35-25)24(30)36-27(22)13-15-2-5-16(6-3-15)34-20-12-14(4-8-18(20)28)10-11-33-26(27)31/h2-6,8,12,25,28H,7,9-11,13H2,1H3. The number of phenolic OH excluding ortho intramolecular Hbond substituents is 1. The Morgan fingerprint density at radius 2 is 1.78 bits per heavy atom. The summed E-state index contributed by atoms with van der Waals surface area (Å²) in [6.07, 6.45) is -0.167. The molecular weight excluding hydrogens is 468 g/mol. The van der Waals surface area contributed by atoms with Gasteiger partial charge in [0, 0.05) is 26.4 Å². The molecule has 7 rings (SSSR count). The largest absolute Gasteiger partial charge is 0.504 e. The minimum Gasteiger partial charge on any atom is -0.504 e. The number of ketones is 1. The molecule has 2 unspecified atom stereocenters. The van der Waals surface area contributed by atoms with Crippen molar-refractivity contribution in [3.05, 3.63) is 76.1 Å². The van der Waals surface area contributed by atoms with Crippen LogP contribution in [0.15, 0.2) is 64.9 Å². The summed E-state index contributed by atoms with van der Waals surface area (Å²) in [6, 6.07) is 11.8. The first-order valence-corrected chi connectivity index (χ1v) is 11.6. The van der Waals surface area contributed by atoms with Gasteiger partial charge in [-0.05, 0) is 47.4 Å². The molecule has 184 valence electrons. The molecule has 2 atom stereocenters. The number of esters is 2. The first-order chi connectivity index (χ1) is 17.4. The van der Waals surface area contributed by atoms with E-state index in [4.69, 9.17) is 23.7 Å². The second-order valence-electron chi connectivity index (χ2n) is 9.03. The molecule has 1 spiro atoms. The van der Waals surface area contributed by atoms with E-state index in [1.807, 2.05) is 0 Å². The van der Waals surface area contributed by atoms with Crippen LogP contribution in [0.5, 0.6) is 17.2 Å². The second kappa shape index (κ2) is 8.23. The van der Waals surface area contributed by atoms with Crippen LogP contribution in [0.1, 0.15) is 24.0 Å². The van der Waals surface area contributed by atoms with Gasteiger partial charge < -0.3 is 28.8 Å². The Kier molecular flexibility index (Phi) is 5.11. The van der Waals surface area contributed by atoms with E-state index in [9.17, 15) is 19.5 Å². The smallest absolute Gasteiger partial charge is 0.375 e. The number of aromatic hydroxyl groups is 1. The predicted molar refractivity (Wildman–Crippen MR) is 122 cm³/mol. The van der Waals surface area contributed by atoms with Gasteiger partial charge in [0.05, 0.1) is 17.8 Å². The third-order valence-electron chi connectivity index (χ3n) is 6.87. The van der Waals surface area contributed by atoms with Crippen LogP contribution < -0.4 is 4.74 Å². The summed E-state index contributed by atoms with van der Waals surface area (Å²) in [4.78, 5) is 39.4. The highest BCUT2D eigenvalue weighted by Crippen LogP contribution is 2.50. The van der Waals surface area contributed by atoms with Crippen LogP contribution in [-0.2, 0) is 46.2 Å². The molecule has 0 fully saturated rings. The lowest BCUT2D eigenvalue weighted by atomic mass is 9.81. The fraction of sp³-hybridized carbons (Fsp3) is 0.296. The fourth-order valence-corrected chi connectivity index (χ4v) is 5.17. The zero-order valence-corrected chi connectivity index (χ0v) is 19.4. The van der Waals surface area contributed by atoms with Crippen molar-refractivity contribution in [2.75, 3.05) is 13.7 Å². The molecule has 4 aliphatic heterocycles. The first kappa shape index (κ1) is 22.4. The Morgan fingerprint density at radius 1 is 1.00 bits per heavy atom. The van der Waals surface area contributed by atoms with Crippen molar-refractivity contribution < 1.29 is 43.2 Å². The molecule has 0 amide bonds. The number of carbonyl (C=O) groups is 3. The van der Waals surface area contributed by atoms with Gasteiger partial charge in [0.25, 0.3) is 0 Å². The molecular formula is C27H22O9. The summed E-state index contributed by atoms with van der Waals surface area (Å²) >= 11 is 0. The summed E-state index contributed by atoms with van der Waals surface area (Å²) in [7, 11) is 1.39. The van der Waals surface area contributed by atoms with Crippen molar-refractivity contribution in [1.29, 1.82) is 0 Å². The molecule has 4 bridgehead atoms. The van der Waals surface area contributed by atoms with Gasteiger partial charge in [-0.15, -0.1) is 0 Å². The van der Waals surface area contributed by atoms with Crippen LogP contribution in [0, 0.1) is 0 Å². The number of fused-ring (bicyclic) bond motifs is 6. The Bertz CT molecular complexity index is 1370. The summed E-state index contributed by atoms with van der Waals surface area (Å²) in [6.45, 7) is -0.00503. The van der Waals surface area contributed by atoms with E-state index in [2.05, 4.69) is 0 Å². The molecule has 36 heavy (non-hydrogen) atoms. The lowest BCUT2D eigenvalue weighted by Gasteiger charge is -2.31. The van der Waals surface area contributed by atoms with Crippen molar-refractivity contribution in [2.45, 2.75) is 37.6 Å². The fourth-order valence-electron chi connectivity index (χ4n) is 5.17. The number of methoxy groups -OCH3 is 1. The number of phenols is 1. The third-order valence-corrected chi connectivity index (χ3v) is 6.87. The Hall–Kier alpha value is -4.11. The molecule has 0 aromatic heterocycles. The van der Waals surface area contributed by atoms with Gasteiger partial charge >= 0.3 is 11.9 Å². The number of hydrogen-bond donors (Lipinski definition) is 1. The highest BCUT2D eigenvalue weighted by molar-refractivity contribution is 6.06. The molecule has 2 aromatic carbocycles. The summed E-state index contributed by atoms with van der Waals surface area (Å²) in [5.41, 5.74) is 0.712. The lowest BCUT2D eigenvalue weighted by molar-refractivity contribution is -0.173. The van der Waals surface area contributed by atoms with E-state index >= 15 is 0 Å². The average molecular weight is 490 g/mol. The summed E-state index contributed by atoms with van der Waals surface area (Å²) in [5, 5.41) is 10.2. The lowest BCUT2D eigenvalue weighted by Crippen LogP contribution is -2.46. The minimum absolute atomic E-state index is 0.00503. The van der Waals surface area contributed by atoms with Crippen LogP contribution in [-0.4, -0.2) is 48.4 Å². The van der Waals surface area contributed by atoms with E-state index < -0.39 is 23.8 Å². The highest BCUT2D eigenvalue weighted by Gasteiger charge is 2.60.